The van der Waals surface area contributed by atoms with E-state index in [0.717, 1.165) is 6.42 Å². The van der Waals surface area contributed by atoms with Crippen molar-refractivity contribution in [2.24, 2.45) is 0 Å². The van der Waals surface area contributed by atoms with Crippen LogP contribution in [-0.4, -0.2) is 32.1 Å². The molecule has 0 fully saturated rings. The van der Waals surface area contributed by atoms with Gasteiger partial charge in [-0.05, 0) is 30.2 Å². The standard InChI is InChI=1S/C18H19NO4/c1-22-18(21)15-8-5-9-16(12-15)23-13-17(20)19-11-10-14-6-3-2-4-7-14/h2-9,12H,10-11,13H2,1H3,(H,19,20). The van der Waals surface area contributed by atoms with Gasteiger partial charge in [0.25, 0.3) is 5.91 Å². The lowest BCUT2D eigenvalue weighted by molar-refractivity contribution is -0.123. The molecule has 5 nitrogen and oxygen atoms in total. The van der Waals surface area contributed by atoms with E-state index < -0.39 is 5.97 Å². The van der Waals surface area contributed by atoms with Gasteiger partial charge >= 0.3 is 5.97 Å². The molecule has 23 heavy (non-hydrogen) atoms. The van der Waals surface area contributed by atoms with Crippen LogP contribution in [-0.2, 0) is 16.0 Å². The molecule has 2 rings (SSSR count). The number of methoxy groups -OCH3 is 1. The molecule has 1 N–H and O–H groups in total. The summed E-state index contributed by atoms with van der Waals surface area (Å²) in [6, 6.07) is 16.4. The van der Waals surface area contributed by atoms with Crippen LogP contribution >= 0.6 is 0 Å². The number of ether oxygens (including phenoxy) is 2. The predicted molar refractivity (Wildman–Crippen MR) is 86.4 cm³/mol. The Labute approximate surface area is 135 Å². The van der Waals surface area contributed by atoms with Crippen LogP contribution < -0.4 is 10.1 Å². The molecule has 2 aromatic carbocycles. The molecule has 120 valence electrons. The van der Waals surface area contributed by atoms with Gasteiger partial charge in [-0.25, -0.2) is 4.79 Å². The fourth-order valence-corrected chi connectivity index (χ4v) is 2.02. The first-order valence-electron chi connectivity index (χ1n) is 7.31. The van der Waals surface area contributed by atoms with E-state index in [0.29, 0.717) is 17.9 Å². The molecule has 0 atom stereocenters. The third kappa shape index (κ3) is 5.47. The van der Waals surface area contributed by atoms with Gasteiger partial charge in [0, 0.05) is 6.54 Å². The highest BCUT2D eigenvalue weighted by Gasteiger charge is 2.07. The van der Waals surface area contributed by atoms with Crippen molar-refractivity contribution in [3.8, 4) is 5.75 Å². The molecule has 0 saturated carbocycles. The Kier molecular flexibility index (Phi) is 6.17. The topological polar surface area (TPSA) is 64.6 Å². The normalized spacial score (nSPS) is 9.96. The highest BCUT2D eigenvalue weighted by molar-refractivity contribution is 5.89. The molecule has 0 heterocycles. The van der Waals surface area contributed by atoms with Gasteiger partial charge in [-0.15, -0.1) is 0 Å². The van der Waals surface area contributed by atoms with Crippen LogP contribution in [0.2, 0.25) is 0 Å². The van der Waals surface area contributed by atoms with Crippen molar-refractivity contribution in [3.63, 3.8) is 0 Å². The van der Waals surface area contributed by atoms with Crippen molar-refractivity contribution in [2.75, 3.05) is 20.3 Å². The Hall–Kier alpha value is -2.82. The second-order valence-corrected chi connectivity index (χ2v) is 4.89. The summed E-state index contributed by atoms with van der Waals surface area (Å²) in [5.74, 6) is -0.196. The van der Waals surface area contributed by atoms with Crippen molar-refractivity contribution in [1.29, 1.82) is 0 Å². The molecule has 0 aliphatic rings. The Bertz CT molecular complexity index is 655. The monoisotopic (exact) mass is 313 g/mol. The molecule has 0 bridgehead atoms. The number of carbonyl (C=O) groups excluding carboxylic acids is 2. The number of benzene rings is 2. The second-order valence-electron chi connectivity index (χ2n) is 4.89. The number of amides is 1. The molecule has 0 saturated heterocycles. The zero-order valence-electron chi connectivity index (χ0n) is 13.0. The molecule has 2 aromatic rings. The van der Waals surface area contributed by atoms with E-state index in [1.165, 1.54) is 12.7 Å². The summed E-state index contributed by atoms with van der Waals surface area (Å²) in [6.07, 6.45) is 0.768. The van der Waals surface area contributed by atoms with Crippen LogP contribution in [0.3, 0.4) is 0 Å². The smallest absolute Gasteiger partial charge is 0.337 e. The SMILES string of the molecule is COC(=O)c1cccc(OCC(=O)NCCc2ccccc2)c1. The molecule has 0 aliphatic carbocycles. The van der Waals surface area contributed by atoms with Gasteiger partial charge < -0.3 is 14.8 Å². The van der Waals surface area contributed by atoms with Crippen LogP contribution in [0.25, 0.3) is 0 Å². The number of esters is 1. The van der Waals surface area contributed by atoms with Gasteiger partial charge in [0.05, 0.1) is 12.7 Å². The van der Waals surface area contributed by atoms with E-state index in [9.17, 15) is 9.59 Å². The van der Waals surface area contributed by atoms with Crippen molar-refractivity contribution < 1.29 is 19.1 Å². The first-order chi connectivity index (χ1) is 11.2. The maximum Gasteiger partial charge on any atom is 0.337 e. The highest BCUT2D eigenvalue weighted by Crippen LogP contribution is 2.13. The minimum absolute atomic E-state index is 0.0978. The van der Waals surface area contributed by atoms with Gasteiger partial charge in [-0.3, -0.25) is 4.79 Å². The minimum Gasteiger partial charge on any atom is -0.484 e. The van der Waals surface area contributed by atoms with Crippen molar-refractivity contribution in [3.05, 3.63) is 65.7 Å². The van der Waals surface area contributed by atoms with Gasteiger partial charge in [0.15, 0.2) is 6.61 Å². The van der Waals surface area contributed by atoms with E-state index in [-0.39, 0.29) is 12.5 Å². The van der Waals surface area contributed by atoms with E-state index in [4.69, 9.17) is 4.74 Å². The second kappa shape index (κ2) is 8.58. The van der Waals surface area contributed by atoms with E-state index in [1.54, 1.807) is 24.3 Å². The summed E-state index contributed by atoms with van der Waals surface area (Å²) in [4.78, 5) is 23.2. The van der Waals surface area contributed by atoms with E-state index >= 15 is 0 Å². The molecule has 5 heteroatoms. The fraction of sp³-hybridized carbons (Fsp3) is 0.222. The summed E-state index contributed by atoms with van der Waals surface area (Å²) in [5.41, 5.74) is 1.55. The average molecular weight is 313 g/mol. The van der Waals surface area contributed by atoms with Crippen molar-refractivity contribution in [2.45, 2.75) is 6.42 Å². The summed E-state index contributed by atoms with van der Waals surface area (Å²) in [7, 11) is 1.32. The highest BCUT2D eigenvalue weighted by atomic mass is 16.5. The molecule has 0 unspecified atom stereocenters. The van der Waals surface area contributed by atoms with E-state index in [1.807, 2.05) is 30.3 Å². The Balaban J connectivity index is 1.75. The third-order valence-corrected chi connectivity index (χ3v) is 3.20. The zero-order valence-corrected chi connectivity index (χ0v) is 13.0. The molecule has 1 amide bonds. The Morgan fingerprint density at radius 3 is 2.57 bits per heavy atom. The first kappa shape index (κ1) is 16.5. The lowest BCUT2D eigenvalue weighted by Crippen LogP contribution is -2.30. The average Bonchev–Trinajstić information content (AvgIpc) is 2.60. The molecule has 0 spiro atoms. The van der Waals surface area contributed by atoms with Gasteiger partial charge in [-0.1, -0.05) is 36.4 Å². The van der Waals surface area contributed by atoms with E-state index in [2.05, 4.69) is 10.1 Å². The lowest BCUT2D eigenvalue weighted by Gasteiger charge is -2.08. The Morgan fingerprint density at radius 1 is 1.04 bits per heavy atom. The van der Waals surface area contributed by atoms with Crippen LogP contribution in [0, 0.1) is 0 Å². The zero-order chi connectivity index (χ0) is 16.5. The maximum atomic E-state index is 11.8. The molecule has 0 aromatic heterocycles. The largest absolute Gasteiger partial charge is 0.484 e. The van der Waals surface area contributed by atoms with Gasteiger partial charge in [-0.2, -0.15) is 0 Å². The number of nitrogens with one attached hydrogen (secondary N) is 1. The van der Waals surface area contributed by atoms with Crippen LogP contribution in [0.4, 0.5) is 0 Å². The number of rotatable bonds is 7. The van der Waals surface area contributed by atoms with Crippen LogP contribution in [0.1, 0.15) is 15.9 Å². The summed E-state index contributed by atoms with van der Waals surface area (Å²) in [6.45, 7) is 0.452. The minimum atomic E-state index is -0.442. The van der Waals surface area contributed by atoms with Crippen LogP contribution in [0.15, 0.2) is 54.6 Å². The summed E-state index contributed by atoms with van der Waals surface area (Å²) in [5, 5.41) is 2.79. The van der Waals surface area contributed by atoms with Gasteiger partial charge in [0.2, 0.25) is 0 Å². The number of hydrogen-bond donors (Lipinski definition) is 1. The maximum absolute atomic E-state index is 11.8. The number of hydrogen-bond acceptors (Lipinski definition) is 4. The summed E-state index contributed by atoms with van der Waals surface area (Å²) >= 11 is 0. The third-order valence-electron chi connectivity index (χ3n) is 3.20. The predicted octanol–water partition coefficient (Wildman–Crippen LogP) is 2.21. The summed E-state index contributed by atoms with van der Waals surface area (Å²) < 4.78 is 10.0. The Morgan fingerprint density at radius 2 is 1.83 bits per heavy atom. The molecule has 0 aliphatic heterocycles. The fourth-order valence-electron chi connectivity index (χ4n) is 2.02. The number of carbonyl (C=O) groups is 2. The van der Waals surface area contributed by atoms with Gasteiger partial charge in [0.1, 0.15) is 5.75 Å². The quantitative estimate of drug-likeness (QED) is 0.796. The van der Waals surface area contributed by atoms with Crippen LogP contribution in [0.5, 0.6) is 5.75 Å². The van der Waals surface area contributed by atoms with Crippen molar-refractivity contribution >= 4 is 11.9 Å². The lowest BCUT2D eigenvalue weighted by atomic mass is 10.1. The molecular weight excluding hydrogens is 294 g/mol. The first-order valence-corrected chi connectivity index (χ1v) is 7.31. The molecule has 0 radical (unpaired) electrons. The molecular formula is C18H19NO4. The van der Waals surface area contributed by atoms with Crippen molar-refractivity contribution in [1.82, 2.24) is 5.32 Å².